The van der Waals surface area contributed by atoms with Gasteiger partial charge < -0.3 is 20.1 Å². The summed E-state index contributed by atoms with van der Waals surface area (Å²) in [5, 5.41) is 6.13. The first kappa shape index (κ1) is 18.1. The third kappa shape index (κ3) is 4.89. The largest absolute Gasteiger partial charge is 0.497 e. The van der Waals surface area contributed by atoms with Crippen LogP contribution < -0.4 is 20.1 Å². The second-order valence-corrected chi connectivity index (χ2v) is 6.17. The summed E-state index contributed by atoms with van der Waals surface area (Å²) in [7, 11) is 3.21. The van der Waals surface area contributed by atoms with Crippen molar-refractivity contribution in [3.8, 4) is 11.5 Å². The predicted molar refractivity (Wildman–Crippen MR) is 100 cm³/mol. The van der Waals surface area contributed by atoms with Crippen LogP contribution in [0.15, 0.2) is 40.9 Å². The van der Waals surface area contributed by atoms with Crippen molar-refractivity contribution in [2.45, 2.75) is 13.3 Å². The number of amides is 1. The molecule has 24 heavy (non-hydrogen) atoms. The molecule has 5 nitrogen and oxygen atoms in total. The molecule has 0 aromatic heterocycles. The SMILES string of the molecule is COc1ccc(NCCC(=O)Nc2ccc(Br)cc2C)c(OC)c1. The fourth-order valence-corrected chi connectivity index (χ4v) is 2.71. The number of rotatable bonds is 7. The molecule has 128 valence electrons. The molecule has 1 amide bonds. The molecule has 0 fully saturated rings. The summed E-state index contributed by atoms with van der Waals surface area (Å²) in [5.41, 5.74) is 2.67. The van der Waals surface area contributed by atoms with Gasteiger partial charge in [0, 0.05) is 29.2 Å². The fourth-order valence-electron chi connectivity index (χ4n) is 2.24. The van der Waals surface area contributed by atoms with Crippen molar-refractivity contribution in [3.63, 3.8) is 0 Å². The van der Waals surface area contributed by atoms with Gasteiger partial charge in [-0.15, -0.1) is 0 Å². The smallest absolute Gasteiger partial charge is 0.226 e. The minimum atomic E-state index is -0.0413. The van der Waals surface area contributed by atoms with E-state index < -0.39 is 0 Å². The van der Waals surface area contributed by atoms with Crippen LogP contribution in [0.25, 0.3) is 0 Å². The molecule has 2 N–H and O–H groups in total. The molecular weight excluding hydrogens is 372 g/mol. The van der Waals surface area contributed by atoms with Gasteiger partial charge in [0.2, 0.25) is 5.91 Å². The topological polar surface area (TPSA) is 59.6 Å². The van der Waals surface area contributed by atoms with Crippen LogP contribution in [-0.4, -0.2) is 26.7 Å². The standard InChI is InChI=1S/C18H21BrN2O3/c1-12-10-13(19)4-6-15(12)21-18(22)8-9-20-16-7-5-14(23-2)11-17(16)24-3/h4-7,10-11,20H,8-9H2,1-3H3,(H,21,22). The quantitative estimate of drug-likeness (QED) is 0.740. The number of hydrogen-bond donors (Lipinski definition) is 2. The number of aryl methyl sites for hydroxylation is 1. The van der Waals surface area contributed by atoms with E-state index in [0.717, 1.165) is 27.2 Å². The summed E-state index contributed by atoms with van der Waals surface area (Å²) in [4.78, 5) is 12.1. The average molecular weight is 393 g/mol. The summed E-state index contributed by atoms with van der Waals surface area (Å²) in [5.74, 6) is 1.36. The molecule has 6 heteroatoms. The second-order valence-electron chi connectivity index (χ2n) is 5.25. The lowest BCUT2D eigenvalue weighted by Gasteiger charge is -2.13. The summed E-state index contributed by atoms with van der Waals surface area (Å²) in [6, 6.07) is 11.3. The molecule has 0 aliphatic rings. The molecule has 2 aromatic rings. The highest BCUT2D eigenvalue weighted by Crippen LogP contribution is 2.29. The van der Waals surface area contributed by atoms with Gasteiger partial charge in [-0.1, -0.05) is 15.9 Å². The van der Waals surface area contributed by atoms with Crippen LogP contribution in [0.4, 0.5) is 11.4 Å². The highest BCUT2D eigenvalue weighted by Gasteiger charge is 2.07. The van der Waals surface area contributed by atoms with Gasteiger partial charge in [0.15, 0.2) is 0 Å². The van der Waals surface area contributed by atoms with Gasteiger partial charge in [0.25, 0.3) is 0 Å². The van der Waals surface area contributed by atoms with Crippen molar-refractivity contribution in [2.75, 3.05) is 31.4 Å². The molecule has 0 aliphatic carbocycles. The van der Waals surface area contributed by atoms with Crippen molar-refractivity contribution < 1.29 is 14.3 Å². The summed E-state index contributed by atoms with van der Waals surface area (Å²) < 4.78 is 11.5. The second kappa shape index (κ2) is 8.59. The number of ether oxygens (including phenoxy) is 2. The Kier molecular flexibility index (Phi) is 6.49. The van der Waals surface area contributed by atoms with E-state index in [9.17, 15) is 4.79 Å². The molecular formula is C18H21BrN2O3. The number of halogens is 1. The monoisotopic (exact) mass is 392 g/mol. The predicted octanol–water partition coefficient (Wildman–Crippen LogP) is 4.22. The third-order valence-corrected chi connectivity index (χ3v) is 4.03. The van der Waals surface area contributed by atoms with Crippen LogP contribution in [0, 0.1) is 6.92 Å². The molecule has 2 rings (SSSR count). The summed E-state index contributed by atoms with van der Waals surface area (Å²) in [6.07, 6.45) is 0.352. The minimum Gasteiger partial charge on any atom is -0.497 e. The van der Waals surface area contributed by atoms with E-state index in [1.54, 1.807) is 20.3 Å². The lowest BCUT2D eigenvalue weighted by Crippen LogP contribution is -2.17. The zero-order valence-corrected chi connectivity index (χ0v) is 15.6. The van der Waals surface area contributed by atoms with Crippen molar-refractivity contribution in [1.29, 1.82) is 0 Å². The van der Waals surface area contributed by atoms with E-state index in [1.165, 1.54) is 0 Å². The van der Waals surface area contributed by atoms with Crippen LogP contribution in [0.3, 0.4) is 0 Å². The summed E-state index contributed by atoms with van der Waals surface area (Å²) >= 11 is 3.41. The van der Waals surface area contributed by atoms with E-state index >= 15 is 0 Å². The number of methoxy groups -OCH3 is 2. The third-order valence-electron chi connectivity index (χ3n) is 3.54. The van der Waals surface area contributed by atoms with Gasteiger partial charge in [-0.05, 0) is 42.8 Å². The zero-order chi connectivity index (χ0) is 17.5. The highest BCUT2D eigenvalue weighted by molar-refractivity contribution is 9.10. The first-order chi connectivity index (χ1) is 11.5. The lowest BCUT2D eigenvalue weighted by molar-refractivity contribution is -0.115. The Morgan fingerprint density at radius 1 is 1.08 bits per heavy atom. The van der Waals surface area contributed by atoms with Gasteiger partial charge in [-0.2, -0.15) is 0 Å². The van der Waals surface area contributed by atoms with E-state index in [2.05, 4.69) is 26.6 Å². The molecule has 0 bridgehead atoms. The van der Waals surface area contributed by atoms with E-state index in [0.29, 0.717) is 18.7 Å². The Balaban J connectivity index is 1.88. The van der Waals surface area contributed by atoms with Crippen LogP contribution in [0.5, 0.6) is 11.5 Å². The molecule has 0 heterocycles. The molecule has 0 spiro atoms. The average Bonchev–Trinajstić information content (AvgIpc) is 2.57. The Morgan fingerprint density at radius 2 is 1.83 bits per heavy atom. The maximum absolute atomic E-state index is 12.1. The van der Waals surface area contributed by atoms with Crippen LogP contribution in [0.1, 0.15) is 12.0 Å². The number of nitrogens with one attached hydrogen (secondary N) is 2. The van der Waals surface area contributed by atoms with Crippen LogP contribution in [0.2, 0.25) is 0 Å². The minimum absolute atomic E-state index is 0.0413. The van der Waals surface area contributed by atoms with Crippen molar-refractivity contribution in [2.24, 2.45) is 0 Å². The zero-order valence-electron chi connectivity index (χ0n) is 14.0. The van der Waals surface area contributed by atoms with Crippen LogP contribution in [-0.2, 0) is 4.79 Å². The molecule has 0 saturated heterocycles. The first-order valence-corrected chi connectivity index (χ1v) is 8.34. The maximum atomic E-state index is 12.1. The molecule has 0 aliphatic heterocycles. The normalized spacial score (nSPS) is 10.2. The lowest BCUT2D eigenvalue weighted by atomic mass is 10.2. The van der Waals surface area contributed by atoms with E-state index in [4.69, 9.17) is 9.47 Å². The van der Waals surface area contributed by atoms with E-state index in [-0.39, 0.29) is 5.91 Å². The number of hydrogen-bond acceptors (Lipinski definition) is 4. The van der Waals surface area contributed by atoms with Gasteiger partial charge >= 0.3 is 0 Å². The molecule has 0 unspecified atom stereocenters. The molecule has 0 radical (unpaired) electrons. The summed E-state index contributed by atoms with van der Waals surface area (Å²) in [6.45, 7) is 2.46. The Bertz CT molecular complexity index is 719. The van der Waals surface area contributed by atoms with Gasteiger partial charge in [-0.3, -0.25) is 4.79 Å². The maximum Gasteiger partial charge on any atom is 0.226 e. The van der Waals surface area contributed by atoms with Crippen LogP contribution >= 0.6 is 15.9 Å². The number of carbonyl (C=O) groups excluding carboxylic acids is 1. The Morgan fingerprint density at radius 3 is 2.50 bits per heavy atom. The molecule has 0 atom stereocenters. The molecule has 0 saturated carbocycles. The Labute approximate surface area is 150 Å². The van der Waals surface area contributed by atoms with Gasteiger partial charge in [0.1, 0.15) is 11.5 Å². The van der Waals surface area contributed by atoms with Crippen molar-refractivity contribution in [3.05, 3.63) is 46.4 Å². The number of anilines is 2. The highest BCUT2D eigenvalue weighted by atomic mass is 79.9. The van der Waals surface area contributed by atoms with Crippen molar-refractivity contribution >= 4 is 33.2 Å². The van der Waals surface area contributed by atoms with Gasteiger partial charge in [0.05, 0.1) is 19.9 Å². The Hall–Kier alpha value is -2.21. The first-order valence-electron chi connectivity index (χ1n) is 7.55. The molecule has 2 aromatic carbocycles. The van der Waals surface area contributed by atoms with Crippen molar-refractivity contribution in [1.82, 2.24) is 0 Å². The fraction of sp³-hybridized carbons (Fsp3) is 0.278. The van der Waals surface area contributed by atoms with E-state index in [1.807, 2.05) is 37.3 Å². The van der Waals surface area contributed by atoms with Gasteiger partial charge in [-0.25, -0.2) is 0 Å². The number of carbonyl (C=O) groups is 1. The number of benzene rings is 2.